The second-order valence-corrected chi connectivity index (χ2v) is 8.42. The van der Waals surface area contributed by atoms with Crippen molar-refractivity contribution in [1.29, 1.82) is 0 Å². The van der Waals surface area contributed by atoms with E-state index in [0.29, 0.717) is 0 Å². The first-order valence-electron chi connectivity index (χ1n) is 9.64. The Bertz CT molecular complexity index is 772. The van der Waals surface area contributed by atoms with Crippen LogP contribution in [-0.4, -0.2) is 29.6 Å². The van der Waals surface area contributed by atoms with Gasteiger partial charge in [-0.1, -0.05) is 25.0 Å². The van der Waals surface area contributed by atoms with Gasteiger partial charge in [0.15, 0.2) is 0 Å². The number of benzene rings is 1. The van der Waals surface area contributed by atoms with E-state index >= 15 is 0 Å². The molecule has 2 amide bonds. The molecule has 1 aliphatic rings. The van der Waals surface area contributed by atoms with Gasteiger partial charge >= 0.3 is 6.03 Å². The Balaban J connectivity index is 1.77. The minimum Gasteiger partial charge on any atom is -0.497 e. The van der Waals surface area contributed by atoms with Crippen LogP contribution in [-0.2, 0) is 0 Å². The van der Waals surface area contributed by atoms with Gasteiger partial charge in [-0.15, -0.1) is 11.3 Å². The molecule has 3 rings (SSSR count). The standard InChI is InChI=1S/C21H29N3O2S/c1-14-20(27-16(3)22-14)15(2)23-21(25)24-13-7-5-6-8-19(24)17-9-11-18(26-4)12-10-17/h9-12,15,19H,5-8,13H2,1-4H3,(H,23,25)/t15-,19+/m0/s1. The van der Waals surface area contributed by atoms with Crippen LogP contribution < -0.4 is 10.1 Å². The normalized spacial score (nSPS) is 18.7. The summed E-state index contributed by atoms with van der Waals surface area (Å²) in [4.78, 5) is 20.8. The highest BCUT2D eigenvalue weighted by molar-refractivity contribution is 7.11. The Morgan fingerprint density at radius 1 is 1.26 bits per heavy atom. The highest BCUT2D eigenvalue weighted by Crippen LogP contribution is 2.32. The van der Waals surface area contributed by atoms with Gasteiger partial charge in [-0.05, 0) is 51.3 Å². The number of hydrogen-bond acceptors (Lipinski definition) is 4. The minimum absolute atomic E-state index is 0.00988. The smallest absolute Gasteiger partial charge is 0.318 e. The van der Waals surface area contributed by atoms with E-state index in [2.05, 4.69) is 22.4 Å². The van der Waals surface area contributed by atoms with Crippen LogP contribution in [0.15, 0.2) is 24.3 Å². The average molecular weight is 388 g/mol. The molecule has 1 aliphatic heterocycles. The Morgan fingerprint density at radius 2 is 2.00 bits per heavy atom. The molecule has 27 heavy (non-hydrogen) atoms. The lowest BCUT2D eigenvalue weighted by Crippen LogP contribution is -2.43. The molecule has 2 aromatic rings. The molecule has 1 saturated heterocycles. The van der Waals surface area contributed by atoms with Crippen molar-refractivity contribution in [2.75, 3.05) is 13.7 Å². The number of aryl methyl sites for hydroxylation is 2. The summed E-state index contributed by atoms with van der Waals surface area (Å²) in [6.07, 6.45) is 4.35. The fourth-order valence-electron chi connectivity index (χ4n) is 3.81. The zero-order chi connectivity index (χ0) is 19.4. The predicted molar refractivity (Wildman–Crippen MR) is 109 cm³/mol. The molecule has 0 unspecified atom stereocenters. The number of nitrogens with one attached hydrogen (secondary N) is 1. The molecular formula is C21H29N3O2S. The lowest BCUT2D eigenvalue weighted by atomic mass is 10.0. The number of ether oxygens (including phenoxy) is 1. The van der Waals surface area contributed by atoms with Gasteiger partial charge in [-0.2, -0.15) is 0 Å². The van der Waals surface area contributed by atoms with E-state index in [4.69, 9.17) is 4.74 Å². The summed E-state index contributed by atoms with van der Waals surface area (Å²) in [5, 5.41) is 4.24. The van der Waals surface area contributed by atoms with Gasteiger partial charge in [0, 0.05) is 11.4 Å². The van der Waals surface area contributed by atoms with Crippen LogP contribution in [0.2, 0.25) is 0 Å². The third-order valence-corrected chi connectivity index (χ3v) is 6.44. The summed E-state index contributed by atoms with van der Waals surface area (Å²) in [5.74, 6) is 0.841. The molecule has 1 aromatic heterocycles. The molecule has 5 nitrogen and oxygen atoms in total. The number of hydrogen-bond donors (Lipinski definition) is 1. The molecule has 0 spiro atoms. The Morgan fingerprint density at radius 3 is 2.63 bits per heavy atom. The van der Waals surface area contributed by atoms with Gasteiger partial charge in [0.1, 0.15) is 5.75 Å². The molecule has 1 N–H and O–H groups in total. The van der Waals surface area contributed by atoms with Crippen molar-refractivity contribution in [2.24, 2.45) is 0 Å². The number of urea groups is 1. The third-order valence-electron chi connectivity index (χ3n) is 5.19. The highest BCUT2D eigenvalue weighted by atomic mass is 32.1. The summed E-state index contributed by atoms with van der Waals surface area (Å²) in [5.41, 5.74) is 2.18. The fourth-order valence-corrected chi connectivity index (χ4v) is 4.74. The van der Waals surface area contributed by atoms with Crippen molar-refractivity contribution in [3.8, 4) is 5.75 Å². The topological polar surface area (TPSA) is 54.5 Å². The Kier molecular flexibility index (Phi) is 6.37. The second kappa shape index (κ2) is 8.74. The molecule has 0 aliphatic carbocycles. The number of carbonyl (C=O) groups excluding carboxylic acids is 1. The van der Waals surface area contributed by atoms with Gasteiger partial charge in [-0.3, -0.25) is 0 Å². The van der Waals surface area contributed by atoms with E-state index in [1.165, 1.54) is 12.0 Å². The summed E-state index contributed by atoms with van der Waals surface area (Å²) >= 11 is 1.66. The zero-order valence-corrected chi connectivity index (χ0v) is 17.4. The molecule has 1 fully saturated rings. The Hall–Kier alpha value is -2.08. The van der Waals surface area contributed by atoms with E-state index in [1.807, 2.05) is 37.8 Å². The molecule has 0 saturated carbocycles. The fraction of sp³-hybridized carbons (Fsp3) is 0.524. The largest absolute Gasteiger partial charge is 0.497 e. The maximum absolute atomic E-state index is 13.1. The number of carbonyl (C=O) groups is 1. The predicted octanol–water partition coefficient (Wildman–Crippen LogP) is 5.16. The highest BCUT2D eigenvalue weighted by Gasteiger charge is 2.28. The number of amides is 2. The molecular weight excluding hydrogens is 358 g/mol. The first-order chi connectivity index (χ1) is 13.0. The number of thiazole rings is 1. The van der Waals surface area contributed by atoms with E-state index < -0.39 is 0 Å². The van der Waals surface area contributed by atoms with Gasteiger partial charge < -0.3 is 15.0 Å². The molecule has 6 heteroatoms. The molecule has 0 bridgehead atoms. The molecule has 2 atom stereocenters. The third kappa shape index (κ3) is 4.61. The SMILES string of the molecule is COc1ccc([C@H]2CCCCCN2C(=O)N[C@@H](C)c2sc(C)nc2C)cc1. The van der Waals surface area contributed by atoms with E-state index in [9.17, 15) is 4.79 Å². The first kappa shape index (κ1) is 19.7. The summed E-state index contributed by atoms with van der Waals surface area (Å²) in [6, 6.07) is 8.18. The van der Waals surface area contributed by atoms with Crippen molar-refractivity contribution < 1.29 is 9.53 Å². The van der Waals surface area contributed by atoms with Crippen molar-refractivity contribution in [2.45, 2.75) is 58.5 Å². The number of methoxy groups -OCH3 is 1. The monoisotopic (exact) mass is 387 g/mol. The number of nitrogens with zero attached hydrogens (tertiary/aromatic N) is 2. The lowest BCUT2D eigenvalue weighted by Gasteiger charge is -2.31. The molecule has 1 aromatic carbocycles. The summed E-state index contributed by atoms with van der Waals surface area (Å²) in [7, 11) is 1.67. The van der Waals surface area contributed by atoms with Crippen molar-refractivity contribution >= 4 is 17.4 Å². The summed E-state index contributed by atoms with van der Waals surface area (Å²) < 4.78 is 5.27. The van der Waals surface area contributed by atoms with Crippen molar-refractivity contribution in [3.05, 3.63) is 45.4 Å². The van der Waals surface area contributed by atoms with Gasteiger partial charge in [0.05, 0.1) is 29.9 Å². The zero-order valence-electron chi connectivity index (χ0n) is 16.6. The Labute approximate surface area is 165 Å². The number of likely N-dealkylation sites (tertiary alicyclic amines) is 1. The molecule has 2 heterocycles. The molecule has 0 radical (unpaired) electrons. The van der Waals surface area contributed by atoms with E-state index in [1.54, 1.807) is 18.4 Å². The maximum atomic E-state index is 13.1. The van der Waals surface area contributed by atoms with Gasteiger partial charge in [0.2, 0.25) is 0 Å². The van der Waals surface area contributed by atoms with Crippen LogP contribution in [0, 0.1) is 13.8 Å². The quantitative estimate of drug-likeness (QED) is 0.789. The molecule has 146 valence electrons. The van der Waals surface area contributed by atoms with Crippen LogP contribution >= 0.6 is 11.3 Å². The van der Waals surface area contributed by atoms with Crippen LogP contribution in [0.1, 0.15) is 65.8 Å². The van der Waals surface area contributed by atoms with Crippen LogP contribution in [0.3, 0.4) is 0 Å². The summed E-state index contributed by atoms with van der Waals surface area (Å²) in [6.45, 7) is 6.84. The van der Waals surface area contributed by atoms with Crippen LogP contribution in [0.4, 0.5) is 4.79 Å². The average Bonchev–Trinajstić information content (AvgIpc) is 2.86. The minimum atomic E-state index is -0.0385. The lowest BCUT2D eigenvalue weighted by molar-refractivity contribution is 0.173. The van der Waals surface area contributed by atoms with E-state index in [0.717, 1.165) is 47.1 Å². The van der Waals surface area contributed by atoms with Crippen molar-refractivity contribution in [1.82, 2.24) is 15.2 Å². The van der Waals surface area contributed by atoms with Gasteiger partial charge in [0.25, 0.3) is 0 Å². The van der Waals surface area contributed by atoms with Gasteiger partial charge in [-0.25, -0.2) is 9.78 Å². The second-order valence-electron chi connectivity index (χ2n) is 7.19. The van der Waals surface area contributed by atoms with E-state index in [-0.39, 0.29) is 18.1 Å². The van der Waals surface area contributed by atoms with Crippen LogP contribution in [0.5, 0.6) is 5.75 Å². The van der Waals surface area contributed by atoms with Crippen molar-refractivity contribution in [3.63, 3.8) is 0 Å². The number of aromatic nitrogens is 1. The van der Waals surface area contributed by atoms with Crippen LogP contribution in [0.25, 0.3) is 0 Å². The first-order valence-corrected chi connectivity index (χ1v) is 10.5. The maximum Gasteiger partial charge on any atom is 0.318 e. The number of rotatable bonds is 4.